The van der Waals surface area contributed by atoms with Gasteiger partial charge in [-0.3, -0.25) is 0 Å². The number of benzene rings is 1. The summed E-state index contributed by atoms with van der Waals surface area (Å²) in [7, 11) is 1.75. The van der Waals surface area contributed by atoms with E-state index in [0.29, 0.717) is 5.76 Å². The summed E-state index contributed by atoms with van der Waals surface area (Å²) in [5.74, 6) is 1.60. The molecule has 0 amide bonds. The highest BCUT2D eigenvalue weighted by atomic mass is 16.5. The number of allylic oxidation sites excluding steroid dienone is 8. The van der Waals surface area contributed by atoms with E-state index in [0.717, 1.165) is 57.1 Å². The number of aliphatic hydroxyl groups excluding tert-OH is 1. The van der Waals surface area contributed by atoms with Gasteiger partial charge in [0.05, 0.1) is 18.6 Å². The van der Waals surface area contributed by atoms with E-state index in [1.165, 1.54) is 22.3 Å². The van der Waals surface area contributed by atoms with E-state index in [1.54, 1.807) is 7.11 Å². The van der Waals surface area contributed by atoms with Gasteiger partial charge in [-0.25, -0.2) is 0 Å². The number of rotatable bonds is 7. The molecule has 0 heterocycles. The fourth-order valence-corrected chi connectivity index (χ4v) is 3.40. The summed E-state index contributed by atoms with van der Waals surface area (Å²) < 4.78 is 5.28. The zero-order valence-electron chi connectivity index (χ0n) is 15.1. The number of aliphatic hydroxyl groups is 1. The molecule has 1 N–H and O–H groups in total. The molecule has 2 nitrogen and oxygen atoms in total. The third-order valence-electron chi connectivity index (χ3n) is 5.17. The molecule has 2 heteroatoms. The molecule has 3 rings (SSSR count). The van der Waals surface area contributed by atoms with Crippen LogP contribution in [0.4, 0.5) is 0 Å². The molecule has 0 aromatic heterocycles. The Labute approximate surface area is 151 Å². The van der Waals surface area contributed by atoms with Crippen molar-refractivity contribution < 1.29 is 9.84 Å². The van der Waals surface area contributed by atoms with E-state index in [1.807, 2.05) is 6.08 Å². The van der Waals surface area contributed by atoms with Crippen molar-refractivity contribution in [2.45, 2.75) is 51.4 Å². The molecule has 132 valence electrons. The highest BCUT2D eigenvalue weighted by Crippen LogP contribution is 2.23. The molecule has 0 unspecified atom stereocenters. The van der Waals surface area contributed by atoms with Crippen LogP contribution in [0.5, 0.6) is 0 Å². The van der Waals surface area contributed by atoms with Gasteiger partial charge in [0.1, 0.15) is 0 Å². The first-order valence-corrected chi connectivity index (χ1v) is 9.31. The molecule has 0 spiro atoms. The number of hydrogen-bond donors (Lipinski definition) is 1. The predicted octanol–water partition coefficient (Wildman–Crippen LogP) is 5.96. The molecule has 2 aliphatic rings. The van der Waals surface area contributed by atoms with Crippen LogP contribution in [-0.4, -0.2) is 12.2 Å². The van der Waals surface area contributed by atoms with Crippen molar-refractivity contribution in [3.63, 3.8) is 0 Å². The van der Waals surface area contributed by atoms with Gasteiger partial charge in [-0.15, -0.1) is 0 Å². The summed E-state index contributed by atoms with van der Waals surface area (Å²) in [5, 5.41) is 9.42. The maximum Gasteiger partial charge on any atom is 0.0958 e. The molecule has 0 bridgehead atoms. The van der Waals surface area contributed by atoms with Gasteiger partial charge in [-0.2, -0.15) is 0 Å². The zero-order valence-corrected chi connectivity index (χ0v) is 15.1. The second kappa shape index (κ2) is 8.75. The molecule has 0 saturated heterocycles. The lowest BCUT2D eigenvalue weighted by molar-refractivity contribution is 0.275. The van der Waals surface area contributed by atoms with Crippen LogP contribution in [-0.2, 0) is 17.6 Å². The summed E-state index contributed by atoms with van der Waals surface area (Å²) in [6.07, 6.45) is 16.6. The second-order valence-electron chi connectivity index (χ2n) is 6.96. The molecule has 2 aliphatic carbocycles. The standard InChI is InChI=1S/C23H28O2/c1-25-23-16-12-21(13-17-23)9-7-19-4-2-18(3-5-19)6-8-20-10-14-22(24)15-11-20/h2-5,10,12,14,16,24H,6-9,11,13,15,17H2,1H3. The molecule has 25 heavy (non-hydrogen) atoms. The first-order chi connectivity index (χ1) is 12.2. The normalized spacial score (nSPS) is 17.3. The smallest absolute Gasteiger partial charge is 0.0958 e. The molecule has 0 atom stereocenters. The minimum Gasteiger partial charge on any atom is -0.512 e. The third kappa shape index (κ3) is 5.38. The summed E-state index contributed by atoms with van der Waals surface area (Å²) in [6.45, 7) is 0. The van der Waals surface area contributed by atoms with E-state index >= 15 is 0 Å². The fourth-order valence-electron chi connectivity index (χ4n) is 3.40. The van der Waals surface area contributed by atoms with Gasteiger partial charge in [0, 0.05) is 12.8 Å². The van der Waals surface area contributed by atoms with E-state index < -0.39 is 0 Å². The molecular formula is C23H28O2. The molecule has 1 aromatic carbocycles. The Balaban J connectivity index is 1.46. The van der Waals surface area contributed by atoms with Crippen molar-refractivity contribution >= 4 is 0 Å². The van der Waals surface area contributed by atoms with E-state index in [4.69, 9.17) is 4.74 Å². The van der Waals surface area contributed by atoms with Gasteiger partial charge < -0.3 is 9.84 Å². The molecule has 1 aromatic rings. The zero-order chi connectivity index (χ0) is 17.5. The highest BCUT2D eigenvalue weighted by Gasteiger charge is 2.07. The Kier molecular flexibility index (Phi) is 6.16. The Morgan fingerprint density at radius 3 is 1.72 bits per heavy atom. The third-order valence-corrected chi connectivity index (χ3v) is 5.17. The number of hydrogen-bond acceptors (Lipinski definition) is 2. The van der Waals surface area contributed by atoms with Crippen molar-refractivity contribution in [2.75, 3.05) is 7.11 Å². The lowest BCUT2D eigenvalue weighted by atomic mass is 9.95. The maximum atomic E-state index is 9.42. The number of methoxy groups -OCH3 is 1. The van der Waals surface area contributed by atoms with Crippen LogP contribution in [0.25, 0.3) is 0 Å². The molecule has 0 fully saturated rings. The first kappa shape index (κ1) is 17.6. The van der Waals surface area contributed by atoms with E-state index in [2.05, 4.69) is 42.5 Å². The van der Waals surface area contributed by atoms with Crippen LogP contribution in [0.2, 0.25) is 0 Å². The Morgan fingerprint density at radius 1 is 0.720 bits per heavy atom. The second-order valence-corrected chi connectivity index (χ2v) is 6.96. The van der Waals surface area contributed by atoms with Crippen molar-refractivity contribution in [3.05, 3.63) is 82.4 Å². The highest BCUT2D eigenvalue weighted by molar-refractivity contribution is 5.27. The Bertz CT molecular complexity index is 702. The maximum absolute atomic E-state index is 9.42. The van der Waals surface area contributed by atoms with Crippen LogP contribution in [0.3, 0.4) is 0 Å². The van der Waals surface area contributed by atoms with Gasteiger partial charge in [0.15, 0.2) is 0 Å². The SMILES string of the molecule is COC1=CC=C(CCc2ccc(CCC3=CC=C(O)CC3)cc2)CC1. The van der Waals surface area contributed by atoms with Crippen LogP contribution in [0.1, 0.15) is 49.7 Å². The van der Waals surface area contributed by atoms with Gasteiger partial charge in [0.2, 0.25) is 0 Å². The minimum absolute atomic E-state index is 0.509. The van der Waals surface area contributed by atoms with E-state index in [-0.39, 0.29) is 0 Å². The molecule has 0 radical (unpaired) electrons. The lowest BCUT2D eigenvalue weighted by Gasteiger charge is -2.14. The average molecular weight is 336 g/mol. The Hall–Kier alpha value is -2.22. The molecular weight excluding hydrogens is 308 g/mol. The summed E-state index contributed by atoms with van der Waals surface area (Å²) >= 11 is 0. The van der Waals surface area contributed by atoms with Gasteiger partial charge in [-0.05, 0) is 61.8 Å². The van der Waals surface area contributed by atoms with Gasteiger partial charge in [-0.1, -0.05) is 47.6 Å². The predicted molar refractivity (Wildman–Crippen MR) is 104 cm³/mol. The minimum atomic E-state index is 0.509. The lowest BCUT2D eigenvalue weighted by Crippen LogP contribution is -1.98. The number of ether oxygens (including phenoxy) is 1. The van der Waals surface area contributed by atoms with Crippen LogP contribution >= 0.6 is 0 Å². The summed E-state index contributed by atoms with van der Waals surface area (Å²) in [5.41, 5.74) is 5.77. The summed E-state index contributed by atoms with van der Waals surface area (Å²) in [6, 6.07) is 9.08. The monoisotopic (exact) mass is 336 g/mol. The van der Waals surface area contributed by atoms with Crippen LogP contribution in [0.15, 0.2) is 71.2 Å². The van der Waals surface area contributed by atoms with Crippen molar-refractivity contribution in [2.24, 2.45) is 0 Å². The van der Waals surface area contributed by atoms with Gasteiger partial charge >= 0.3 is 0 Å². The Morgan fingerprint density at radius 2 is 1.28 bits per heavy atom. The molecule has 0 aliphatic heterocycles. The van der Waals surface area contributed by atoms with Crippen molar-refractivity contribution in [1.82, 2.24) is 0 Å². The van der Waals surface area contributed by atoms with Gasteiger partial charge in [0.25, 0.3) is 0 Å². The van der Waals surface area contributed by atoms with Crippen LogP contribution < -0.4 is 0 Å². The summed E-state index contributed by atoms with van der Waals surface area (Å²) in [4.78, 5) is 0. The van der Waals surface area contributed by atoms with Crippen molar-refractivity contribution in [3.8, 4) is 0 Å². The topological polar surface area (TPSA) is 29.5 Å². The van der Waals surface area contributed by atoms with Crippen molar-refractivity contribution in [1.29, 1.82) is 0 Å². The van der Waals surface area contributed by atoms with E-state index in [9.17, 15) is 5.11 Å². The molecule has 0 saturated carbocycles. The fraction of sp³-hybridized carbons (Fsp3) is 0.391. The first-order valence-electron chi connectivity index (χ1n) is 9.31. The quantitative estimate of drug-likeness (QED) is 0.665. The number of aryl methyl sites for hydroxylation is 2. The largest absolute Gasteiger partial charge is 0.512 e. The average Bonchev–Trinajstić information content (AvgIpc) is 2.67. The van der Waals surface area contributed by atoms with Crippen LogP contribution in [0, 0.1) is 0 Å².